The molecule has 8 aliphatic rings. The van der Waals surface area contributed by atoms with Crippen LogP contribution in [0.5, 0.6) is 11.5 Å². The number of benzene rings is 2. The second-order valence-electron chi connectivity index (χ2n) is 19.6. The van der Waals surface area contributed by atoms with Crippen LogP contribution in [0.3, 0.4) is 0 Å². The Hall–Kier alpha value is -3.01. The minimum absolute atomic E-state index is 0.0264. The van der Waals surface area contributed by atoms with Crippen molar-refractivity contribution in [2.75, 3.05) is 26.2 Å². The summed E-state index contributed by atoms with van der Waals surface area (Å²) in [4.78, 5) is 24.1. The van der Waals surface area contributed by atoms with E-state index < -0.39 is 0 Å². The number of hydrogen-bond donors (Lipinski definition) is 6. The number of halogens is 1. The average Bonchev–Trinajstić information content (AvgIpc) is 3.99. The number of aliphatic imine (C=N–C) groups is 1. The minimum Gasteiger partial charge on any atom is -0.490 e. The molecule has 0 radical (unpaired) electrons. The van der Waals surface area contributed by atoms with Gasteiger partial charge in [-0.05, 0) is 124 Å². The third-order valence-electron chi connectivity index (χ3n) is 15.6. The second kappa shape index (κ2) is 18.7. The van der Waals surface area contributed by atoms with E-state index in [1.807, 2.05) is 0 Å². The summed E-state index contributed by atoms with van der Waals surface area (Å²) >= 11 is 8.29. The van der Waals surface area contributed by atoms with E-state index in [1.165, 1.54) is 24.1 Å². The lowest BCUT2D eigenvalue weighted by molar-refractivity contribution is -0.126. The van der Waals surface area contributed by atoms with Gasteiger partial charge in [-0.3, -0.25) is 24.9 Å². The molecule has 9 unspecified atom stereocenters. The number of nitrogens with one attached hydrogen (secondary N) is 6. The molecule has 6 heterocycles. The zero-order valence-corrected chi connectivity index (χ0v) is 38.4. The van der Waals surface area contributed by atoms with Crippen molar-refractivity contribution in [3.8, 4) is 17.6 Å². The lowest BCUT2D eigenvalue weighted by atomic mass is 9.61. The summed E-state index contributed by atoms with van der Waals surface area (Å²) in [5.41, 5.74) is 17.2. The monoisotopic (exact) mass is 900 g/mol. The largest absolute Gasteiger partial charge is 0.490 e. The second-order valence-corrected chi connectivity index (χ2v) is 21.5. The number of thioether (sulfide) groups is 1. The van der Waals surface area contributed by atoms with Gasteiger partial charge in [0.2, 0.25) is 5.91 Å². The third kappa shape index (κ3) is 9.24. The Bertz CT molecular complexity index is 2000. The summed E-state index contributed by atoms with van der Waals surface area (Å²) in [5, 5.41) is 17.2. The number of rotatable bonds is 10. The molecular weight excluding hydrogens is 836 g/mol. The molecule has 0 aromatic heterocycles. The van der Waals surface area contributed by atoms with Crippen LogP contribution in [0.1, 0.15) is 103 Å². The van der Waals surface area contributed by atoms with Crippen LogP contribution in [0.15, 0.2) is 47.5 Å². The Labute approximate surface area is 381 Å². The maximum atomic E-state index is 13.3. The van der Waals surface area contributed by atoms with Crippen LogP contribution < -0.4 is 41.8 Å². The quantitative estimate of drug-likeness (QED) is 0.185. The molecule has 7 fully saturated rings. The summed E-state index contributed by atoms with van der Waals surface area (Å²) in [6.07, 6.45) is 11.5. The molecule has 0 bridgehead atoms. The number of hydrazine groups is 2. The highest BCUT2D eigenvalue weighted by Crippen LogP contribution is 2.52. The third-order valence-corrected chi connectivity index (χ3v) is 17.6. The first-order chi connectivity index (χ1) is 30.6. The Morgan fingerprint density at radius 3 is 2.43 bits per heavy atom. The number of ether oxygens (including phenoxy) is 3. The molecule has 2 aromatic carbocycles. The number of piperidine rings is 1. The molecule has 5 saturated heterocycles. The van der Waals surface area contributed by atoms with Gasteiger partial charge in [-0.15, -0.1) is 11.8 Å². The Kier molecular flexibility index (Phi) is 13.0. The van der Waals surface area contributed by atoms with E-state index in [0.29, 0.717) is 44.2 Å². The van der Waals surface area contributed by atoms with E-state index in [-0.39, 0.29) is 61.0 Å². The lowest BCUT2D eigenvalue weighted by Crippen LogP contribution is -2.64. The van der Waals surface area contributed by atoms with E-state index in [4.69, 9.17) is 36.1 Å². The molecule has 340 valence electrons. The number of hydrogen-bond acceptors (Lipinski definition) is 14. The number of carbonyl (C=O) groups is 1. The molecule has 16 heteroatoms. The van der Waals surface area contributed by atoms with Crippen LogP contribution in [-0.4, -0.2) is 113 Å². The summed E-state index contributed by atoms with van der Waals surface area (Å²) in [6.45, 7) is 10.8. The van der Waals surface area contributed by atoms with Crippen molar-refractivity contribution in [1.29, 1.82) is 5.26 Å². The molecule has 14 nitrogen and oxygen atoms in total. The van der Waals surface area contributed by atoms with Gasteiger partial charge in [0.25, 0.3) is 0 Å². The molecule has 1 amide bonds. The molecule has 1 spiro atoms. The molecular formula is C47H65ClN10O4S. The van der Waals surface area contributed by atoms with Gasteiger partial charge >= 0.3 is 0 Å². The zero-order valence-electron chi connectivity index (χ0n) is 36.9. The topological polar surface area (TPSA) is 160 Å². The molecule has 10 atom stereocenters. The number of fused-ring (bicyclic) bond motifs is 3. The van der Waals surface area contributed by atoms with Crippen molar-refractivity contribution >= 4 is 35.0 Å². The Balaban J connectivity index is 0.671. The Morgan fingerprint density at radius 2 is 1.73 bits per heavy atom. The molecule has 2 aromatic rings. The van der Waals surface area contributed by atoms with Gasteiger partial charge in [0.1, 0.15) is 29.8 Å². The first-order valence-electron chi connectivity index (χ1n) is 23.7. The van der Waals surface area contributed by atoms with Gasteiger partial charge in [0, 0.05) is 55.0 Å². The van der Waals surface area contributed by atoms with E-state index >= 15 is 0 Å². The minimum atomic E-state index is -0.237. The van der Waals surface area contributed by atoms with E-state index in [0.717, 1.165) is 89.8 Å². The van der Waals surface area contributed by atoms with Crippen molar-refractivity contribution < 1.29 is 19.0 Å². The summed E-state index contributed by atoms with van der Waals surface area (Å²) in [5.74, 6) is 2.54. The highest BCUT2D eigenvalue weighted by Gasteiger charge is 2.54. The van der Waals surface area contributed by atoms with Crippen molar-refractivity contribution in [3.05, 3.63) is 58.6 Å². The number of amides is 1. The van der Waals surface area contributed by atoms with E-state index in [1.54, 1.807) is 18.2 Å². The van der Waals surface area contributed by atoms with E-state index in [9.17, 15) is 4.79 Å². The molecule has 2 aliphatic carbocycles. The van der Waals surface area contributed by atoms with Crippen molar-refractivity contribution in [2.45, 2.75) is 157 Å². The van der Waals surface area contributed by atoms with Gasteiger partial charge in [0.05, 0.1) is 59.3 Å². The van der Waals surface area contributed by atoms with Crippen LogP contribution in [-0.2, 0) is 9.53 Å². The van der Waals surface area contributed by atoms with Crippen molar-refractivity contribution in [1.82, 2.24) is 42.1 Å². The lowest BCUT2D eigenvalue weighted by Gasteiger charge is -2.53. The molecule has 63 heavy (non-hydrogen) atoms. The average molecular weight is 902 g/mol. The molecule has 10 rings (SSSR count). The highest BCUT2D eigenvalue weighted by atomic mass is 35.5. The molecule has 6 N–H and O–H groups in total. The maximum absolute atomic E-state index is 13.3. The van der Waals surface area contributed by atoms with Crippen LogP contribution >= 0.6 is 23.4 Å². The summed E-state index contributed by atoms with van der Waals surface area (Å²) < 4.78 is 18.8. The van der Waals surface area contributed by atoms with Gasteiger partial charge in [-0.1, -0.05) is 25.4 Å². The van der Waals surface area contributed by atoms with Gasteiger partial charge in [0.15, 0.2) is 0 Å². The number of likely N-dealkylation sites (tertiary alicyclic amines) is 1. The van der Waals surface area contributed by atoms with Crippen molar-refractivity contribution in [3.63, 3.8) is 0 Å². The highest BCUT2D eigenvalue weighted by molar-refractivity contribution is 8.00. The number of carbonyl (C=O) groups excluding carboxylic acids is 1. The van der Waals surface area contributed by atoms with Crippen LogP contribution in [0, 0.1) is 28.6 Å². The SMILES string of the molecule is CC1SC2C(C(c3ccc(OC4CC5(CCN(C6CCC(C(=O)NC7CCC(Oc8ccc(C#N)c(Cl)c8)CC7)NN6)CC5)C4)cc3)=N[C@@H](CC3NCCO3)C3NNC(C)N23)C1C. The predicted octanol–water partition coefficient (Wildman–Crippen LogP) is 5.23. The van der Waals surface area contributed by atoms with Crippen LogP contribution in [0.25, 0.3) is 0 Å². The smallest absolute Gasteiger partial charge is 0.238 e. The van der Waals surface area contributed by atoms with Gasteiger partial charge in [-0.2, -0.15) is 5.26 Å². The number of nitriles is 1. The fraction of sp³-hybridized carbons (Fsp3) is 0.681. The first kappa shape index (κ1) is 43.9. The van der Waals surface area contributed by atoms with E-state index in [2.05, 4.69) is 105 Å². The van der Waals surface area contributed by atoms with Gasteiger partial charge < -0.3 is 19.5 Å². The van der Waals surface area contributed by atoms with Crippen LogP contribution in [0.4, 0.5) is 0 Å². The fourth-order valence-electron chi connectivity index (χ4n) is 11.7. The predicted molar refractivity (Wildman–Crippen MR) is 245 cm³/mol. The summed E-state index contributed by atoms with van der Waals surface area (Å²) in [6, 6.07) is 16.1. The van der Waals surface area contributed by atoms with Gasteiger partial charge in [-0.25, -0.2) is 21.7 Å². The fourth-order valence-corrected chi connectivity index (χ4v) is 13.8. The Morgan fingerprint density at radius 1 is 0.968 bits per heavy atom. The standard InChI is InChI=1S/C47H65ClN10O4S/c1-27-28(2)63-46-42(27)43(52-39(23-41-50-18-21-60-41)44-56-53-29(3)58(44)46)30-4-9-33(10-5-30)62-36-24-47(25-36)16-19-57(20-17-47)40-15-14-38(54-55-40)45(59)51-32-7-12-34(13-8-32)61-35-11-6-31(26-49)37(48)22-35/h4-6,9-11,22,27-29,32,34,36,38-42,44,46,50,53-56H,7-8,12-21,23-25H2,1-3H3,(H,51,59)/t27?,28?,29?,32?,34?,38?,39-,40?,41?,42?,44?,46?/m0/s1. The molecule has 6 aliphatic heterocycles. The maximum Gasteiger partial charge on any atom is 0.238 e. The summed E-state index contributed by atoms with van der Waals surface area (Å²) in [7, 11) is 0. The van der Waals surface area contributed by atoms with Crippen LogP contribution in [0.2, 0.25) is 5.02 Å². The molecule has 2 saturated carbocycles. The zero-order chi connectivity index (χ0) is 43.2. The first-order valence-corrected chi connectivity index (χ1v) is 25.0. The van der Waals surface area contributed by atoms with Crippen molar-refractivity contribution in [2.24, 2.45) is 22.2 Å². The normalized spacial score (nSPS) is 37.0. The number of nitrogens with zero attached hydrogens (tertiary/aromatic N) is 4.